The molecular weight excluding hydrogens is 398 g/mol. The first-order chi connectivity index (χ1) is 16.1. The van der Waals surface area contributed by atoms with Crippen LogP contribution >= 0.6 is 0 Å². The van der Waals surface area contributed by atoms with Crippen LogP contribution in [-0.4, -0.2) is 13.1 Å². The van der Waals surface area contributed by atoms with Crippen LogP contribution in [0, 0.1) is 17.8 Å². The molecule has 3 aliphatic rings. The molecule has 0 aromatic heterocycles. The molecule has 0 unspecified atom stereocenters. The second-order valence-corrected chi connectivity index (χ2v) is 11.1. The summed E-state index contributed by atoms with van der Waals surface area (Å²) in [5, 5.41) is 0. The molecule has 0 radical (unpaired) electrons. The van der Waals surface area contributed by atoms with Crippen LogP contribution < -0.4 is 4.90 Å². The van der Waals surface area contributed by atoms with Gasteiger partial charge in [0.2, 0.25) is 0 Å². The summed E-state index contributed by atoms with van der Waals surface area (Å²) in [6, 6.07) is 14.4. The minimum Gasteiger partial charge on any atom is -0.372 e. The van der Waals surface area contributed by atoms with E-state index in [1.165, 1.54) is 104 Å². The van der Waals surface area contributed by atoms with E-state index in [-0.39, 0.29) is 0 Å². The maximum Gasteiger partial charge on any atom is 0.0375 e. The summed E-state index contributed by atoms with van der Waals surface area (Å²) in [6.07, 6.45) is 16.4. The first-order valence-electron chi connectivity index (χ1n) is 13.4. The number of benzene rings is 2. The lowest BCUT2D eigenvalue weighted by molar-refractivity contribution is 0.283. The van der Waals surface area contributed by atoms with Gasteiger partial charge in [0.1, 0.15) is 0 Å². The lowest BCUT2D eigenvalue weighted by atomic mass is 9.73. The highest BCUT2D eigenvalue weighted by Gasteiger charge is 2.26. The summed E-state index contributed by atoms with van der Waals surface area (Å²) in [4.78, 5) is 2.64. The van der Waals surface area contributed by atoms with E-state index in [0.717, 1.165) is 18.3 Å². The molecule has 2 fully saturated rings. The van der Waals surface area contributed by atoms with Crippen molar-refractivity contribution in [2.75, 3.05) is 18.0 Å². The summed E-state index contributed by atoms with van der Waals surface area (Å²) in [5.74, 6) is 2.11. The molecule has 174 valence electrons. The Labute approximate surface area is 201 Å². The predicted molar refractivity (Wildman–Crippen MR) is 144 cm³/mol. The Balaban J connectivity index is 1.45. The van der Waals surface area contributed by atoms with Crippen molar-refractivity contribution in [2.45, 2.75) is 71.6 Å². The number of anilines is 1. The average Bonchev–Trinajstić information content (AvgIpc) is 3.33. The monoisotopic (exact) mass is 439 g/mol. The van der Waals surface area contributed by atoms with Crippen LogP contribution in [0.15, 0.2) is 54.6 Å². The molecule has 5 rings (SSSR count). The van der Waals surface area contributed by atoms with E-state index in [4.69, 9.17) is 0 Å². The van der Waals surface area contributed by atoms with Gasteiger partial charge in [-0.15, -0.1) is 0 Å². The third-order valence-electron chi connectivity index (χ3n) is 8.40. The van der Waals surface area contributed by atoms with E-state index in [0.29, 0.717) is 5.92 Å². The van der Waals surface area contributed by atoms with Crippen molar-refractivity contribution in [3.63, 3.8) is 0 Å². The molecule has 2 atom stereocenters. The molecule has 1 nitrogen and oxygen atoms in total. The van der Waals surface area contributed by atoms with Gasteiger partial charge in [0, 0.05) is 18.8 Å². The quantitative estimate of drug-likeness (QED) is 0.408. The Bertz CT molecular complexity index is 1020. The van der Waals surface area contributed by atoms with Crippen LogP contribution in [0.3, 0.4) is 0 Å². The highest BCUT2D eigenvalue weighted by molar-refractivity contribution is 5.81. The Morgan fingerprint density at radius 3 is 2.70 bits per heavy atom. The largest absolute Gasteiger partial charge is 0.372 e. The number of rotatable bonds is 6. The first kappa shape index (κ1) is 22.5. The van der Waals surface area contributed by atoms with E-state index in [1.54, 1.807) is 0 Å². The number of nitrogens with zero attached hydrogens (tertiary/aromatic N) is 1. The zero-order valence-corrected chi connectivity index (χ0v) is 20.8. The van der Waals surface area contributed by atoms with Crippen LogP contribution in [0.2, 0.25) is 0 Å². The summed E-state index contributed by atoms with van der Waals surface area (Å²) >= 11 is 0. The molecule has 1 saturated heterocycles. The smallest absolute Gasteiger partial charge is 0.0375 e. The minimum absolute atomic E-state index is 0.607. The molecule has 1 heteroatoms. The number of hydrogen-bond donors (Lipinski definition) is 0. The van der Waals surface area contributed by atoms with Gasteiger partial charge in [-0.1, -0.05) is 75.3 Å². The maximum atomic E-state index is 4.47. The van der Waals surface area contributed by atoms with Crippen molar-refractivity contribution < 1.29 is 0 Å². The molecule has 1 saturated carbocycles. The molecule has 0 spiro atoms. The third kappa shape index (κ3) is 4.98. The van der Waals surface area contributed by atoms with E-state index in [1.807, 2.05) is 0 Å². The lowest BCUT2D eigenvalue weighted by Gasteiger charge is -2.33. The Kier molecular flexibility index (Phi) is 6.76. The molecule has 1 heterocycles. The zero-order valence-electron chi connectivity index (χ0n) is 20.8. The normalized spacial score (nSPS) is 22.6. The summed E-state index contributed by atoms with van der Waals surface area (Å²) in [7, 11) is 0. The second kappa shape index (κ2) is 9.92. The minimum atomic E-state index is 0.607. The van der Waals surface area contributed by atoms with Crippen molar-refractivity contribution in [1.29, 1.82) is 0 Å². The SMILES string of the molecule is C=C(C(C)C)[C@@H]1CCC[C@@H](Cc2cc(-c3cccc4c3C=CC4)cc(N3CCCCC3)c2)C1. The van der Waals surface area contributed by atoms with Crippen molar-refractivity contribution in [3.05, 3.63) is 71.3 Å². The number of piperidine rings is 1. The number of fused-ring (bicyclic) bond motifs is 1. The Morgan fingerprint density at radius 1 is 1.03 bits per heavy atom. The fourth-order valence-electron chi connectivity index (χ4n) is 6.44. The molecule has 2 aliphatic carbocycles. The topological polar surface area (TPSA) is 3.24 Å². The fourth-order valence-corrected chi connectivity index (χ4v) is 6.44. The molecule has 0 amide bonds. The van der Waals surface area contributed by atoms with Gasteiger partial charge in [-0.25, -0.2) is 0 Å². The van der Waals surface area contributed by atoms with Gasteiger partial charge in [-0.3, -0.25) is 0 Å². The zero-order chi connectivity index (χ0) is 22.8. The standard InChI is InChI=1S/C32H41N/c1-23(2)24(3)28-13-7-10-25(19-28)18-26-20-29(22-30(21-26)33-16-5-4-6-17-33)32-15-9-12-27-11-8-14-31(27)32/h8-9,12,14-15,20-23,25,28H,3-7,10-11,13,16-19H2,1-2H3/t25-,28+/m0/s1. The van der Waals surface area contributed by atoms with Crippen molar-refractivity contribution in [2.24, 2.45) is 17.8 Å². The van der Waals surface area contributed by atoms with E-state index < -0.39 is 0 Å². The molecule has 0 bridgehead atoms. The lowest BCUT2D eigenvalue weighted by Crippen LogP contribution is -2.29. The van der Waals surface area contributed by atoms with Crippen molar-refractivity contribution >= 4 is 11.8 Å². The van der Waals surface area contributed by atoms with Gasteiger partial charge < -0.3 is 4.90 Å². The summed E-state index contributed by atoms with van der Waals surface area (Å²) in [6.45, 7) is 11.5. The van der Waals surface area contributed by atoms with E-state index in [2.05, 4.69) is 73.9 Å². The molecule has 33 heavy (non-hydrogen) atoms. The van der Waals surface area contributed by atoms with Crippen LogP contribution in [0.4, 0.5) is 5.69 Å². The first-order valence-corrected chi connectivity index (χ1v) is 13.4. The van der Waals surface area contributed by atoms with Crippen LogP contribution in [-0.2, 0) is 12.8 Å². The average molecular weight is 440 g/mol. The summed E-state index contributed by atoms with van der Waals surface area (Å²) < 4.78 is 0. The van der Waals surface area contributed by atoms with Gasteiger partial charge in [-0.2, -0.15) is 0 Å². The molecule has 2 aromatic carbocycles. The predicted octanol–water partition coefficient (Wildman–Crippen LogP) is 8.47. The molecular formula is C32H41N. The highest BCUT2D eigenvalue weighted by atomic mass is 15.1. The van der Waals surface area contributed by atoms with Gasteiger partial charge >= 0.3 is 0 Å². The van der Waals surface area contributed by atoms with Crippen molar-refractivity contribution in [1.82, 2.24) is 0 Å². The van der Waals surface area contributed by atoms with Gasteiger partial charge in [0.15, 0.2) is 0 Å². The van der Waals surface area contributed by atoms with Crippen molar-refractivity contribution in [3.8, 4) is 11.1 Å². The molecule has 0 N–H and O–H groups in total. The van der Waals surface area contributed by atoms with Crippen LogP contribution in [0.25, 0.3) is 17.2 Å². The number of hydrogen-bond acceptors (Lipinski definition) is 1. The van der Waals surface area contributed by atoms with Crippen LogP contribution in [0.5, 0.6) is 0 Å². The van der Waals surface area contributed by atoms with Crippen LogP contribution in [0.1, 0.15) is 75.5 Å². The highest BCUT2D eigenvalue weighted by Crippen LogP contribution is 2.39. The van der Waals surface area contributed by atoms with E-state index in [9.17, 15) is 0 Å². The number of allylic oxidation sites excluding steroid dienone is 2. The van der Waals surface area contributed by atoms with Gasteiger partial charge in [-0.05, 0) is 103 Å². The maximum absolute atomic E-state index is 4.47. The van der Waals surface area contributed by atoms with Gasteiger partial charge in [0.05, 0.1) is 0 Å². The Hall–Kier alpha value is -2.28. The van der Waals surface area contributed by atoms with E-state index >= 15 is 0 Å². The third-order valence-corrected chi connectivity index (χ3v) is 8.40. The Morgan fingerprint density at radius 2 is 1.88 bits per heavy atom. The van der Waals surface area contributed by atoms with Gasteiger partial charge in [0.25, 0.3) is 0 Å². The summed E-state index contributed by atoms with van der Waals surface area (Å²) in [5.41, 5.74) is 10.2. The second-order valence-electron chi connectivity index (χ2n) is 11.1. The fraction of sp³-hybridized carbons (Fsp3) is 0.500. The molecule has 2 aromatic rings. The molecule has 1 aliphatic heterocycles.